The molecule has 0 bridgehead atoms. The van der Waals surface area contributed by atoms with E-state index < -0.39 is 4.92 Å². The Hall–Kier alpha value is -2.02. The maximum absolute atomic E-state index is 10.5. The van der Waals surface area contributed by atoms with Crippen LogP contribution in [0.3, 0.4) is 0 Å². The van der Waals surface area contributed by atoms with Crippen molar-refractivity contribution in [2.75, 3.05) is 0 Å². The highest BCUT2D eigenvalue weighted by molar-refractivity contribution is 6.32. The molecule has 0 fully saturated rings. The molecule has 2 aromatic rings. The van der Waals surface area contributed by atoms with Gasteiger partial charge in [-0.1, -0.05) is 11.6 Å². The first-order valence-electron chi connectivity index (χ1n) is 4.27. The normalized spacial score (nSPS) is 10.4. The summed E-state index contributed by atoms with van der Waals surface area (Å²) in [6.07, 6.45) is 2.65. The second-order valence-corrected chi connectivity index (χ2v) is 3.44. The molecule has 2 heterocycles. The van der Waals surface area contributed by atoms with E-state index in [0.29, 0.717) is 5.69 Å². The molecular weight excluding hydrogens is 234 g/mol. The van der Waals surface area contributed by atoms with Crippen molar-refractivity contribution in [3.8, 4) is 5.82 Å². The topological polar surface area (TPSA) is 86.7 Å². The van der Waals surface area contributed by atoms with E-state index in [-0.39, 0.29) is 16.5 Å². The average molecular weight is 240 g/mol. The summed E-state index contributed by atoms with van der Waals surface area (Å²) in [6, 6.07) is 1.21. The third-order valence-corrected chi connectivity index (χ3v) is 2.09. The van der Waals surface area contributed by atoms with Crippen LogP contribution in [0.1, 0.15) is 5.69 Å². The molecule has 82 valence electrons. The quantitative estimate of drug-likeness (QED) is 0.586. The van der Waals surface area contributed by atoms with Crippen LogP contribution in [-0.4, -0.2) is 24.9 Å². The summed E-state index contributed by atoms with van der Waals surface area (Å²) in [5, 5.41) is 18.5. The number of aromatic nitrogens is 4. The summed E-state index contributed by atoms with van der Waals surface area (Å²) in [7, 11) is 0. The van der Waals surface area contributed by atoms with Gasteiger partial charge in [0, 0.05) is 6.07 Å². The largest absolute Gasteiger partial charge is 0.289 e. The van der Waals surface area contributed by atoms with Crippen molar-refractivity contribution in [2.24, 2.45) is 0 Å². The Bertz CT molecular complexity index is 553. The molecule has 2 rings (SSSR count). The minimum Gasteiger partial charge on any atom is -0.258 e. The Morgan fingerprint density at radius 1 is 1.50 bits per heavy atom. The van der Waals surface area contributed by atoms with Gasteiger partial charge in [0.2, 0.25) is 0 Å². The lowest BCUT2D eigenvalue weighted by Crippen LogP contribution is -2.03. The summed E-state index contributed by atoms with van der Waals surface area (Å²) in [5.41, 5.74) is 0.536. The standard InChI is InChI=1S/C8H6ClN5O2/c1-5-3-11-13(12-5)8-7(9)2-6(4-10-8)14(15)16/h2-4H,1H3. The Kier molecular flexibility index (Phi) is 2.53. The van der Waals surface area contributed by atoms with Crippen molar-refractivity contribution >= 4 is 17.3 Å². The number of hydrogen-bond acceptors (Lipinski definition) is 5. The van der Waals surface area contributed by atoms with Crippen LogP contribution in [-0.2, 0) is 0 Å². The fraction of sp³-hybridized carbons (Fsp3) is 0.125. The van der Waals surface area contributed by atoms with Crippen molar-refractivity contribution < 1.29 is 4.92 Å². The maximum atomic E-state index is 10.5. The van der Waals surface area contributed by atoms with Crippen LogP contribution in [0.5, 0.6) is 0 Å². The Balaban J connectivity index is 2.47. The number of pyridine rings is 1. The molecule has 0 aliphatic rings. The fourth-order valence-electron chi connectivity index (χ4n) is 1.11. The zero-order chi connectivity index (χ0) is 11.7. The van der Waals surface area contributed by atoms with Crippen molar-refractivity contribution in [1.82, 2.24) is 20.0 Å². The lowest BCUT2D eigenvalue weighted by atomic mass is 10.4. The van der Waals surface area contributed by atoms with Gasteiger partial charge in [-0.3, -0.25) is 10.1 Å². The first-order chi connectivity index (χ1) is 7.58. The summed E-state index contributed by atoms with van der Waals surface area (Å²) in [4.78, 5) is 15.0. The number of hydrogen-bond donors (Lipinski definition) is 0. The third-order valence-electron chi connectivity index (χ3n) is 1.81. The summed E-state index contributed by atoms with van der Waals surface area (Å²) in [6.45, 7) is 1.77. The van der Waals surface area contributed by atoms with E-state index in [9.17, 15) is 10.1 Å². The molecule has 0 saturated carbocycles. The number of halogens is 1. The first-order valence-corrected chi connectivity index (χ1v) is 4.65. The molecule has 0 unspecified atom stereocenters. The lowest BCUT2D eigenvalue weighted by molar-refractivity contribution is -0.385. The van der Waals surface area contributed by atoms with Gasteiger partial charge >= 0.3 is 0 Å². The molecule has 0 atom stereocenters. The molecule has 0 aliphatic heterocycles. The minimum absolute atomic E-state index is 0.129. The number of nitrogens with zero attached hydrogens (tertiary/aromatic N) is 5. The monoisotopic (exact) mass is 239 g/mol. The van der Waals surface area contributed by atoms with Gasteiger partial charge in [-0.2, -0.15) is 10.2 Å². The van der Waals surface area contributed by atoms with Gasteiger partial charge in [-0.15, -0.1) is 4.80 Å². The molecule has 0 spiro atoms. The molecule has 0 radical (unpaired) electrons. The molecule has 8 heteroatoms. The molecule has 0 saturated heterocycles. The van der Waals surface area contributed by atoms with Gasteiger partial charge in [0.1, 0.15) is 6.20 Å². The lowest BCUT2D eigenvalue weighted by Gasteiger charge is -2.00. The predicted octanol–water partition coefficient (Wildman–Crippen LogP) is 1.53. The second-order valence-electron chi connectivity index (χ2n) is 3.03. The van der Waals surface area contributed by atoms with Gasteiger partial charge in [0.25, 0.3) is 5.69 Å². The van der Waals surface area contributed by atoms with Gasteiger partial charge < -0.3 is 0 Å². The van der Waals surface area contributed by atoms with E-state index in [0.717, 1.165) is 6.20 Å². The van der Waals surface area contributed by atoms with E-state index in [1.54, 1.807) is 13.1 Å². The average Bonchev–Trinajstić information content (AvgIpc) is 2.64. The van der Waals surface area contributed by atoms with Crippen molar-refractivity contribution in [3.63, 3.8) is 0 Å². The Morgan fingerprint density at radius 3 is 2.75 bits per heavy atom. The molecule has 7 nitrogen and oxygen atoms in total. The molecule has 16 heavy (non-hydrogen) atoms. The molecule has 0 aromatic carbocycles. The van der Waals surface area contributed by atoms with Crippen molar-refractivity contribution in [3.05, 3.63) is 39.3 Å². The highest BCUT2D eigenvalue weighted by Gasteiger charge is 2.13. The first kappa shape index (κ1) is 10.5. The van der Waals surface area contributed by atoms with Crippen LogP contribution in [0.2, 0.25) is 5.02 Å². The van der Waals surface area contributed by atoms with Crippen LogP contribution >= 0.6 is 11.6 Å². The van der Waals surface area contributed by atoms with E-state index in [1.807, 2.05) is 0 Å². The number of aryl methyl sites for hydroxylation is 1. The predicted molar refractivity (Wildman–Crippen MR) is 55.6 cm³/mol. The zero-order valence-corrected chi connectivity index (χ0v) is 8.92. The zero-order valence-electron chi connectivity index (χ0n) is 8.16. The number of nitro groups is 1. The van der Waals surface area contributed by atoms with E-state index >= 15 is 0 Å². The van der Waals surface area contributed by atoms with Gasteiger partial charge in [-0.05, 0) is 6.92 Å². The summed E-state index contributed by atoms with van der Waals surface area (Å²) >= 11 is 5.85. The summed E-state index contributed by atoms with van der Waals surface area (Å²) in [5.74, 6) is 0.264. The Labute approximate surface area is 94.8 Å². The summed E-state index contributed by atoms with van der Waals surface area (Å²) < 4.78 is 0. The molecular formula is C8H6ClN5O2. The van der Waals surface area contributed by atoms with Crippen LogP contribution in [0.4, 0.5) is 5.69 Å². The third kappa shape index (κ3) is 1.84. The van der Waals surface area contributed by atoms with Gasteiger partial charge in [-0.25, -0.2) is 4.98 Å². The van der Waals surface area contributed by atoms with E-state index in [4.69, 9.17) is 11.6 Å². The maximum Gasteiger partial charge on any atom is 0.289 e. The van der Waals surface area contributed by atoms with Crippen LogP contribution < -0.4 is 0 Å². The minimum atomic E-state index is -0.565. The van der Waals surface area contributed by atoms with Crippen LogP contribution in [0.15, 0.2) is 18.5 Å². The van der Waals surface area contributed by atoms with Crippen molar-refractivity contribution in [1.29, 1.82) is 0 Å². The highest BCUT2D eigenvalue weighted by Crippen LogP contribution is 2.21. The van der Waals surface area contributed by atoms with Gasteiger partial charge in [0.05, 0.1) is 21.8 Å². The molecule has 0 aliphatic carbocycles. The molecule has 0 amide bonds. The second kappa shape index (κ2) is 3.86. The van der Waals surface area contributed by atoms with Crippen LogP contribution in [0.25, 0.3) is 5.82 Å². The highest BCUT2D eigenvalue weighted by atomic mass is 35.5. The molecule has 2 aromatic heterocycles. The van der Waals surface area contributed by atoms with Crippen LogP contribution in [0, 0.1) is 17.0 Å². The van der Waals surface area contributed by atoms with E-state index in [2.05, 4.69) is 15.2 Å². The fourth-order valence-corrected chi connectivity index (χ4v) is 1.35. The number of rotatable bonds is 2. The van der Waals surface area contributed by atoms with Gasteiger partial charge in [0.15, 0.2) is 5.82 Å². The SMILES string of the molecule is Cc1cnn(-c2ncc([N+](=O)[O-])cc2Cl)n1. The molecule has 0 N–H and O–H groups in total. The smallest absolute Gasteiger partial charge is 0.258 e. The van der Waals surface area contributed by atoms with Crippen molar-refractivity contribution in [2.45, 2.75) is 6.92 Å². The Morgan fingerprint density at radius 2 is 2.25 bits per heavy atom. The van der Waals surface area contributed by atoms with E-state index in [1.165, 1.54) is 10.9 Å².